The summed E-state index contributed by atoms with van der Waals surface area (Å²) in [5.41, 5.74) is 1.16. The van der Waals surface area contributed by atoms with Gasteiger partial charge in [0, 0.05) is 45.6 Å². The fraction of sp³-hybridized carbons (Fsp3) is 0.615. The molecule has 0 bridgehead atoms. The number of nitrogens with zero attached hydrogens (tertiary/aromatic N) is 3. The Bertz CT molecular complexity index is 518. The van der Waals surface area contributed by atoms with E-state index >= 15 is 0 Å². The largest absolute Gasteiger partial charge is 0.297 e. The first-order valence-corrected chi connectivity index (χ1v) is 8.22. The van der Waals surface area contributed by atoms with E-state index in [-0.39, 0.29) is 6.04 Å². The summed E-state index contributed by atoms with van der Waals surface area (Å²) in [4.78, 5) is 6.37. The molecule has 0 amide bonds. The van der Waals surface area contributed by atoms with E-state index in [9.17, 15) is 8.42 Å². The molecule has 0 saturated carbocycles. The zero-order valence-corrected chi connectivity index (χ0v) is 12.8. The highest BCUT2D eigenvalue weighted by Crippen LogP contribution is 2.14. The Kier molecular flexibility index (Phi) is 5.09. The first-order valence-electron chi connectivity index (χ1n) is 6.78. The lowest BCUT2D eigenvalue weighted by atomic mass is 10.1. The zero-order chi connectivity index (χ0) is 14.6. The van der Waals surface area contributed by atoms with Gasteiger partial charge in [-0.1, -0.05) is 6.07 Å². The van der Waals surface area contributed by atoms with Crippen molar-refractivity contribution in [2.45, 2.75) is 25.4 Å². The molecular weight excluding hydrogens is 276 g/mol. The van der Waals surface area contributed by atoms with Gasteiger partial charge in [0.05, 0.1) is 0 Å². The monoisotopic (exact) mass is 298 g/mol. The van der Waals surface area contributed by atoms with Crippen LogP contribution >= 0.6 is 0 Å². The number of nitrogens with one attached hydrogen (secondary N) is 1. The van der Waals surface area contributed by atoms with Crippen LogP contribution in [0.5, 0.6) is 0 Å². The second kappa shape index (κ2) is 6.62. The number of rotatable bonds is 5. The van der Waals surface area contributed by atoms with Gasteiger partial charge in [-0.2, -0.15) is 17.4 Å². The molecule has 2 rings (SSSR count). The Hall–Kier alpha value is -1.02. The summed E-state index contributed by atoms with van der Waals surface area (Å²) in [5, 5.41) is 0. The number of piperidine rings is 1. The van der Waals surface area contributed by atoms with E-state index in [1.165, 1.54) is 4.31 Å². The minimum Gasteiger partial charge on any atom is -0.297 e. The molecular formula is C13H22N4O2S. The van der Waals surface area contributed by atoms with Crippen LogP contribution in [0.4, 0.5) is 0 Å². The van der Waals surface area contributed by atoms with E-state index in [1.54, 1.807) is 20.3 Å². The summed E-state index contributed by atoms with van der Waals surface area (Å²) in [6, 6.07) is 3.94. The molecule has 0 unspecified atom stereocenters. The van der Waals surface area contributed by atoms with Crippen molar-refractivity contribution in [3.8, 4) is 0 Å². The molecule has 1 atom stereocenters. The maximum atomic E-state index is 11.8. The molecule has 7 heteroatoms. The van der Waals surface area contributed by atoms with Gasteiger partial charge in [0.1, 0.15) is 0 Å². The first kappa shape index (κ1) is 15.4. The molecule has 2 heterocycles. The van der Waals surface area contributed by atoms with Crippen molar-refractivity contribution in [1.82, 2.24) is 18.9 Å². The molecule has 0 aliphatic carbocycles. The third-order valence-electron chi connectivity index (χ3n) is 3.43. The molecule has 112 valence electrons. The van der Waals surface area contributed by atoms with Gasteiger partial charge in [-0.25, -0.2) is 0 Å². The van der Waals surface area contributed by atoms with Crippen LogP contribution in [0.2, 0.25) is 0 Å². The second-order valence-electron chi connectivity index (χ2n) is 5.34. The summed E-state index contributed by atoms with van der Waals surface area (Å²) in [6.45, 7) is 2.55. The molecule has 6 nitrogen and oxygen atoms in total. The molecule has 1 aromatic rings. The number of likely N-dealkylation sites (tertiary alicyclic amines) is 1. The van der Waals surface area contributed by atoms with E-state index in [0.717, 1.165) is 38.0 Å². The summed E-state index contributed by atoms with van der Waals surface area (Å²) < 4.78 is 27.7. The predicted molar refractivity (Wildman–Crippen MR) is 78.3 cm³/mol. The standard InChI is InChI=1S/C13H22N4O2S/c1-16(2)20(18,19)15-13-6-4-8-17(11-13)10-12-5-3-7-14-9-12/h3,5,7,9,13,15H,4,6,8,10-11H2,1-2H3/t13-/m0/s1. The van der Waals surface area contributed by atoms with Gasteiger partial charge in [-0.3, -0.25) is 9.88 Å². The van der Waals surface area contributed by atoms with Crippen LogP contribution < -0.4 is 4.72 Å². The SMILES string of the molecule is CN(C)S(=O)(=O)N[C@H]1CCCN(Cc2cccnc2)C1. The molecule has 1 aliphatic heterocycles. The molecule has 0 radical (unpaired) electrons. The fourth-order valence-corrected chi connectivity index (χ4v) is 3.19. The fourth-order valence-electron chi connectivity index (χ4n) is 2.36. The van der Waals surface area contributed by atoms with Crippen molar-refractivity contribution in [1.29, 1.82) is 0 Å². The summed E-state index contributed by atoms with van der Waals surface area (Å²) >= 11 is 0. The van der Waals surface area contributed by atoms with E-state index < -0.39 is 10.2 Å². The number of aromatic nitrogens is 1. The van der Waals surface area contributed by atoms with Crippen LogP contribution in [-0.4, -0.2) is 55.8 Å². The third kappa shape index (κ3) is 4.24. The smallest absolute Gasteiger partial charge is 0.279 e. The third-order valence-corrected chi connectivity index (χ3v) is 5.02. The van der Waals surface area contributed by atoms with E-state index in [1.807, 2.05) is 18.3 Å². The zero-order valence-electron chi connectivity index (χ0n) is 12.0. The summed E-state index contributed by atoms with van der Waals surface area (Å²) in [5.74, 6) is 0. The van der Waals surface area contributed by atoms with Gasteiger partial charge in [0.25, 0.3) is 10.2 Å². The number of hydrogen-bond acceptors (Lipinski definition) is 4. The highest BCUT2D eigenvalue weighted by atomic mass is 32.2. The Morgan fingerprint density at radius 2 is 2.30 bits per heavy atom. The van der Waals surface area contributed by atoms with Crippen LogP contribution in [-0.2, 0) is 16.8 Å². The Morgan fingerprint density at radius 1 is 1.50 bits per heavy atom. The Morgan fingerprint density at radius 3 is 2.95 bits per heavy atom. The van der Waals surface area contributed by atoms with Crippen molar-refractivity contribution in [2.75, 3.05) is 27.2 Å². The maximum absolute atomic E-state index is 11.8. The summed E-state index contributed by atoms with van der Waals surface area (Å²) in [6.07, 6.45) is 5.50. The second-order valence-corrected chi connectivity index (χ2v) is 7.26. The average Bonchev–Trinajstić information content (AvgIpc) is 2.39. The minimum atomic E-state index is -3.35. The highest BCUT2D eigenvalue weighted by Gasteiger charge is 2.25. The minimum absolute atomic E-state index is 0.0205. The maximum Gasteiger partial charge on any atom is 0.279 e. The van der Waals surface area contributed by atoms with Crippen molar-refractivity contribution in [3.63, 3.8) is 0 Å². The highest BCUT2D eigenvalue weighted by molar-refractivity contribution is 7.87. The van der Waals surface area contributed by atoms with Crippen molar-refractivity contribution in [3.05, 3.63) is 30.1 Å². The lowest BCUT2D eigenvalue weighted by molar-refractivity contribution is 0.193. The molecule has 1 saturated heterocycles. The van der Waals surface area contributed by atoms with Gasteiger partial charge < -0.3 is 0 Å². The lowest BCUT2D eigenvalue weighted by Gasteiger charge is -2.33. The van der Waals surface area contributed by atoms with Crippen LogP contribution in [0, 0.1) is 0 Å². The molecule has 0 aromatic carbocycles. The molecule has 0 spiro atoms. The van der Waals surface area contributed by atoms with Gasteiger partial charge >= 0.3 is 0 Å². The van der Waals surface area contributed by atoms with Crippen LogP contribution in [0.15, 0.2) is 24.5 Å². The normalized spacial score (nSPS) is 21.2. The topological polar surface area (TPSA) is 65.5 Å². The van der Waals surface area contributed by atoms with Crippen LogP contribution in [0.3, 0.4) is 0 Å². The van der Waals surface area contributed by atoms with Gasteiger partial charge in [-0.15, -0.1) is 0 Å². The van der Waals surface area contributed by atoms with Crippen molar-refractivity contribution >= 4 is 10.2 Å². The Labute approximate surface area is 121 Å². The first-order chi connectivity index (χ1) is 9.47. The summed E-state index contributed by atoms with van der Waals surface area (Å²) in [7, 11) is -0.269. The molecule has 1 N–H and O–H groups in total. The van der Waals surface area contributed by atoms with Crippen molar-refractivity contribution in [2.24, 2.45) is 0 Å². The van der Waals surface area contributed by atoms with Gasteiger partial charge in [0.2, 0.25) is 0 Å². The van der Waals surface area contributed by atoms with Gasteiger partial charge in [-0.05, 0) is 31.0 Å². The van der Waals surface area contributed by atoms with Crippen LogP contribution in [0.25, 0.3) is 0 Å². The molecule has 1 aliphatic rings. The molecule has 1 fully saturated rings. The number of pyridine rings is 1. The average molecular weight is 298 g/mol. The predicted octanol–water partition coefficient (Wildman–Crippen LogP) is 0.442. The Balaban J connectivity index is 1.92. The lowest BCUT2D eigenvalue weighted by Crippen LogP contribution is -2.50. The van der Waals surface area contributed by atoms with E-state index in [2.05, 4.69) is 14.6 Å². The van der Waals surface area contributed by atoms with Crippen molar-refractivity contribution < 1.29 is 8.42 Å². The van der Waals surface area contributed by atoms with Crippen LogP contribution in [0.1, 0.15) is 18.4 Å². The molecule has 20 heavy (non-hydrogen) atoms. The quantitative estimate of drug-likeness (QED) is 0.857. The van der Waals surface area contributed by atoms with E-state index in [0.29, 0.717) is 0 Å². The van der Waals surface area contributed by atoms with E-state index in [4.69, 9.17) is 0 Å². The van der Waals surface area contributed by atoms with Gasteiger partial charge in [0.15, 0.2) is 0 Å². The number of hydrogen-bond donors (Lipinski definition) is 1. The molecule has 1 aromatic heterocycles.